The van der Waals surface area contributed by atoms with Gasteiger partial charge in [0.15, 0.2) is 0 Å². The van der Waals surface area contributed by atoms with E-state index in [2.05, 4.69) is 6.92 Å². The molecule has 132 valence electrons. The minimum atomic E-state index is -3.58. The van der Waals surface area contributed by atoms with E-state index in [1.54, 1.807) is 24.3 Å². The second-order valence-electron chi connectivity index (χ2n) is 6.44. The highest BCUT2D eigenvalue weighted by molar-refractivity contribution is 7.95. The fraction of sp³-hybridized carbons (Fsp3) is 0.556. The molecule has 1 aromatic rings. The van der Waals surface area contributed by atoms with Crippen LogP contribution in [0.5, 0.6) is 0 Å². The maximum Gasteiger partial charge on any atom is 0.207 e. The highest BCUT2D eigenvalue weighted by Crippen LogP contribution is 2.40. The molecule has 0 aliphatic carbocycles. The van der Waals surface area contributed by atoms with Crippen molar-refractivity contribution in [1.29, 1.82) is 0 Å². The van der Waals surface area contributed by atoms with Gasteiger partial charge in [-0.25, -0.2) is 8.42 Å². The Morgan fingerprint density at radius 3 is 2.67 bits per heavy atom. The van der Waals surface area contributed by atoms with Crippen molar-refractivity contribution in [3.8, 4) is 0 Å². The molecule has 1 unspecified atom stereocenters. The van der Waals surface area contributed by atoms with E-state index in [1.807, 2.05) is 5.06 Å². The van der Waals surface area contributed by atoms with Crippen molar-refractivity contribution in [2.24, 2.45) is 0 Å². The third-order valence-corrected chi connectivity index (χ3v) is 6.69. The Hall–Kier alpha value is -1.37. The van der Waals surface area contributed by atoms with Gasteiger partial charge in [0.2, 0.25) is 9.84 Å². The third kappa shape index (κ3) is 3.23. The van der Waals surface area contributed by atoms with Crippen LogP contribution in [0.3, 0.4) is 0 Å². The first-order chi connectivity index (χ1) is 11.6. The lowest BCUT2D eigenvalue weighted by Crippen LogP contribution is -2.36. The molecule has 1 N–H and O–H groups in total. The zero-order chi connectivity index (χ0) is 17.2. The van der Waals surface area contributed by atoms with Crippen LogP contribution in [-0.2, 0) is 21.3 Å². The second kappa shape index (κ2) is 7.25. The first-order valence-electron chi connectivity index (χ1n) is 8.70. The lowest BCUT2D eigenvalue weighted by molar-refractivity contribution is -0.132. The van der Waals surface area contributed by atoms with Crippen molar-refractivity contribution in [3.63, 3.8) is 0 Å². The van der Waals surface area contributed by atoms with Crippen LogP contribution < -0.4 is 0 Å². The molecule has 0 amide bonds. The summed E-state index contributed by atoms with van der Waals surface area (Å²) in [7, 11) is -3.58. The highest BCUT2D eigenvalue weighted by atomic mass is 32.2. The van der Waals surface area contributed by atoms with Gasteiger partial charge >= 0.3 is 0 Å². The molecule has 5 nitrogen and oxygen atoms in total. The number of rotatable bonds is 6. The first-order valence-corrected chi connectivity index (χ1v) is 10.2. The summed E-state index contributed by atoms with van der Waals surface area (Å²) in [5, 5.41) is 11.0. The van der Waals surface area contributed by atoms with Crippen molar-refractivity contribution >= 4 is 9.84 Å². The molecule has 6 heteroatoms. The molecule has 0 saturated carbocycles. The number of hydrogen-bond acceptors (Lipinski definition) is 5. The lowest BCUT2D eigenvalue weighted by atomic mass is 10.0. The zero-order valence-corrected chi connectivity index (χ0v) is 14.9. The Morgan fingerprint density at radius 2 is 2.00 bits per heavy atom. The van der Waals surface area contributed by atoms with Gasteiger partial charge in [0.1, 0.15) is 10.7 Å². The SMILES string of the molecule is CCCCC1=C(S(=O)(=O)c2ccc(CO)cc2)C2CCCCN2O1. The number of nitrogens with zero attached hydrogens (tertiary/aromatic N) is 1. The van der Waals surface area contributed by atoms with Crippen LogP contribution in [0.4, 0.5) is 0 Å². The van der Waals surface area contributed by atoms with Gasteiger partial charge in [0.25, 0.3) is 0 Å². The molecular formula is C18H25NO4S. The van der Waals surface area contributed by atoms with Crippen molar-refractivity contribution in [2.75, 3.05) is 6.54 Å². The quantitative estimate of drug-likeness (QED) is 0.853. The van der Waals surface area contributed by atoms with Crippen LogP contribution in [0.15, 0.2) is 39.8 Å². The predicted molar refractivity (Wildman–Crippen MR) is 91.5 cm³/mol. The standard InChI is InChI=1S/C18H25NO4S/c1-2-3-7-17-18(16-6-4-5-12-19(16)23-17)24(21,22)15-10-8-14(13-20)9-11-15/h8-11,16,20H,2-7,12-13H2,1H3. The van der Waals surface area contributed by atoms with Gasteiger partial charge in [-0.2, -0.15) is 0 Å². The number of hydroxylamine groups is 2. The molecule has 0 bridgehead atoms. The van der Waals surface area contributed by atoms with Gasteiger partial charge in [-0.05, 0) is 43.4 Å². The summed E-state index contributed by atoms with van der Waals surface area (Å²) in [6, 6.07) is 6.32. The summed E-state index contributed by atoms with van der Waals surface area (Å²) in [4.78, 5) is 6.66. The molecule has 0 aromatic heterocycles. The van der Waals surface area contributed by atoms with Crippen LogP contribution in [0.1, 0.15) is 51.0 Å². The number of allylic oxidation sites excluding steroid dienone is 1. The maximum atomic E-state index is 13.2. The molecule has 2 heterocycles. The Morgan fingerprint density at radius 1 is 1.25 bits per heavy atom. The van der Waals surface area contributed by atoms with Gasteiger partial charge in [0.05, 0.1) is 17.5 Å². The minimum absolute atomic E-state index is 0.0930. The van der Waals surface area contributed by atoms with Gasteiger partial charge in [-0.3, -0.25) is 0 Å². The third-order valence-electron chi connectivity index (χ3n) is 4.72. The number of unbranched alkanes of at least 4 members (excludes halogenated alkanes) is 1. The molecular weight excluding hydrogens is 326 g/mol. The Bertz CT molecular complexity index is 709. The van der Waals surface area contributed by atoms with Gasteiger partial charge in [0, 0.05) is 13.0 Å². The molecule has 1 fully saturated rings. The lowest BCUT2D eigenvalue weighted by Gasteiger charge is -2.28. The van der Waals surface area contributed by atoms with Gasteiger partial charge in [-0.15, -0.1) is 5.06 Å². The molecule has 0 radical (unpaired) electrons. The second-order valence-corrected chi connectivity index (χ2v) is 8.36. The number of aliphatic hydroxyl groups is 1. The van der Waals surface area contributed by atoms with Crippen LogP contribution in [0.25, 0.3) is 0 Å². The van der Waals surface area contributed by atoms with E-state index >= 15 is 0 Å². The van der Waals surface area contributed by atoms with Crippen LogP contribution >= 0.6 is 0 Å². The van der Waals surface area contributed by atoms with E-state index in [-0.39, 0.29) is 17.5 Å². The van der Waals surface area contributed by atoms with Crippen molar-refractivity contribution in [3.05, 3.63) is 40.5 Å². The minimum Gasteiger partial charge on any atom is -0.409 e. The van der Waals surface area contributed by atoms with Crippen molar-refractivity contribution < 1.29 is 18.4 Å². The molecule has 0 spiro atoms. The maximum absolute atomic E-state index is 13.2. The highest BCUT2D eigenvalue weighted by Gasteiger charge is 2.43. The van der Waals surface area contributed by atoms with E-state index < -0.39 is 9.84 Å². The normalized spacial score (nSPS) is 21.7. The molecule has 1 atom stereocenters. The largest absolute Gasteiger partial charge is 0.409 e. The molecule has 1 aromatic carbocycles. The van der Waals surface area contributed by atoms with E-state index in [0.29, 0.717) is 22.6 Å². The average molecular weight is 351 g/mol. The fourth-order valence-electron chi connectivity index (χ4n) is 3.38. The summed E-state index contributed by atoms with van der Waals surface area (Å²) in [5.41, 5.74) is 0.705. The monoisotopic (exact) mass is 351 g/mol. The molecule has 2 aliphatic rings. The van der Waals surface area contributed by atoms with E-state index in [0.717, 1.165) is 38.6 Å². The number of aliphatic hydroxyl groups excluding tert-OH is 1. The molecule has 2 aliphatic heterocycles. The number of fused-ring (bicyclic) bond motifs is 1. The average Bonchev–Trinajstić information content (AvgIpc) is 2.99. The smallest absolute Gasteiger partial charge is 0.207 e. The summed E-state index contributed by atoms with van der Waals surface area (Å²) < 4.78 is 26.5. The first kappa shape index (κ1) is 17.5. The van der Waals surface area contributed by atoms with Crippen LogP contribution in [0, 0.1) is 0 Å². The van der Waals surface area contributed by atoms with Gasteiger partial charge < -0.3 is 9.94 Å². The van der Waals surface area contributed by atoms with E-state index in [4.69, 9.17) is 9.94 Å². The van der Waals surface area contributed by atoms with Crippen LogP contribution in [0.2, 0.25) is 0 Å². The van der Waals surface area contributed by atoms with Gasteiger partial charge in [-0.1, -0.05) is 25.5 Å². The number of sulfone groups is 1. The van der Waals surface area contributed by atoms with E-state index in [1.165, 1.54) is 0 Å². The summed E-state index contributed by atoms with van der Waals surface area (Å²) in [5.74, 6) is 0.620. The summed E-state index contributed by atoms with van der Waals surface area (Å²) in [6.45, 7) is 2.78. The molecule has 3 rings (SSSR count). The topological polar surface area (TPSA) is 66.8 Å². The molecule has 1 saturated heterocycles. The number of hydrogen-bond donors (Lipinski definition) is 1. The van der Waals surface area contributed by atoms with Crippen molar-refractivity contribution in [1.82, 2.24) is 5.06 Å². The Balaban J connectivity index is 1.99. The van der Waals surface area contributed by atoms with E-state index in [9.17, 15) is 8.42 Å². The Labute approximate surface area is 143 Å². The van der Waals surface area contributed by atoms with Crippen molar-refractivity contribution in [2.45, 2.75) is 63.0 Å². The predicted octanol–water partition coefficient (Wildman–Crippen LogP) is 3.15. The molecule has 24 heavy (non-hydrogen) atoms. The van der Waals surface area contributed by atoms with Crippen LogP contribution in [-0.4, -0.2) is 31.2 Å². The Kier molecular flexibility index (Phi) is 5.27. The zero-order valence-electron chi connectivity index (χ0n) is 14.1. The summed E-state index contributed by atoms with van der Waals surface area (Å²) in [6.07, 6.45) is 5.45. The number of piperidine rings is 1. The summed E-state index contributed by atoms with van der Waals surface area (Å²) >= 11 is 0. The number of benzene rings is 1. The fourth-order valence-corrected chi connectivity index (χ4v) is 5.17.